The highest BCUT2D eigenvalue weighted by Crippen LogP contribution is 2.24. The largest absolute Gasteiger partial charge is 0.266 e. The lowest BCUT2D eigenvalue weighted by Gasteiger charge is -2.11. The monoisotopic (exact) mass is 191 g/mol. The zero-order valence-corrected chi connectivity index (χ0v) is 10.2. The Morgan fingerprint density at radius 1 is 1.07 bits per heavy atom. The van der Waals surface area contributed by atoms with Crippen LogP contribution in [0.15, 0.2) is 39.6 Å². The quantitative estimate of drug-likeness (QED) is 0.466. The maximum atomic E-state index is 4.31. The minimum absolute atomic E-state index is 1.04. The highest BCUT2D eigenvalue weighted by atomic mass is 14.7. The van der Waals surface area contributed by atoms with Crippen LogP contribution < -0.4 is 0 Å². The van der Waals surface area contributed by atoms with E-state index in [9.17, 15) is 0 Å². The Morgan fingerprint density at radius 3 is 1.86 bits per heavy atom. The van der Waals surface area contributed by atoms with Crippen LogP contribution in [0.4, 0.5) is 0 Å². The Morgan fingerprint density at radius 2 is 1.57 bits per heavy atom. The van der Waals surface area contributed by atoms with Crippen molar-refractivity contribution in [3.05, 3.63) is 34.6 Å². The molecule has 0 radical (unpaired) electrons. The normalized spacial score (nSPS) is 12.7. The first-order valence-corrected chi connectivity index (χ1v) is 4.91. The van der Waals surface area contributed by atoms with Crippen LogP contribution >= 0.6 is 0 Å². The van der Waals surface area contributed by atoms with Gasteiger partial charge in [0.1, 0.15) is 0 Å². The number of hydrogen-bond acceptors (Lipinski definition) is 1. The molecular weight excluding hydrogens is 170 g/mol. The number of nitrogens with zero attached hydrogens (tertiary/aromatic N) is 1. The lowest BCUT2D eigenvalue weighted by atomic mass is 9.96. The van der Waals surface area contributed by atoms with Crippen molar-refractivity contribution >= 4 is 6.21 Å². The summed E-state index contributed by atoms with van der Waals surface area (Å²) in [6.07, 6.45) is 1.82. The first-order chi connectivity index (χ1) is 6.41. The van der Waals surface area contributed by atoms with E-state index in [1.165, 1.54) is 16.7 Å². The predicted octanol–water partition coefficient (Wildman–Crippen LogP) is 4.28. The molecule has 0 aliphatic heterocycles. The van der Waals surface area contributed by atoms with E-state index in [1.807, 2.05) is 27.0 Å². The zero-order chi connectivity index (χ0) is 11.3. The SMILES string of the molecule is C=C(C)/C(C(C)=C(C)C)=C(/C)N=CC. The van der Waals surface area contributed by atoms with Crippen LogP contribution in [-0.4, -0.2) is 6.21 Å². The minimum Gasteiger partial charge on any atom is -0.266 e. The van der Waals surface area contributed by atoms with E-state index in [-0.39, 0.29) is 0 Å². The van der Waals surface area contributed by atoms with Crippen molar-refractivity contribution in [3.63, 3.8) is 0 Å². The van der Waals surface area contributed by atoms with Gasteiger partial charge in [-0.1, -0.05) is 12.2 Å². The van der Waals surface area contributed by atoms with Gasteiger partial charge in [-0.3, -0.25) is 4.99 Å². The van der Waals surface area contributed by atoms with E-state index >= 15 is 0 Å². The van der Waals surface area contributed by atoms with Crippen LogP contribution in [0.1, 0.15) is 41.5 Å². The summed E-state index contributed by atoms with van der Waals surface area (Å²) in [4.78, 5) is 4.31. The summed E-state index contributed by atoms with van der Waals surface area (Å²) >= 11 is 0. The summed E-state index contributed by atoms with van der Waals surface area (Å²) in [5.41, 5.74) is 5.89. The van der Waals surface area contributed by atoms with Crippen LogP contribution in [0, 0.1) is 0 Å². The molecule has 0 saturated heterocycles. The standard InChI is InChI=1S/C13H21N/c1-8-14-12(7)13(10(4)5)11(6)9(2)3/h8H,4H2,1-3,5-7H3/b13-12+,14-8?. The fraction of sp³-hybridized carbons (Fsp3) is 0.462. The van der Waals surface area contributed by atoms with Crippen molar-refractivity contribution < 1.29 is 0 Å². The van der Waals surface area contributed by atoms with Gasteiger partial charge in [-0.25, -0.2) is 0 Å². The summed E-state index contributed by atoms with van der Waals surface area (Å²) in [5.74, 6) is 0. The second-order valence-corrected chi connectivity index (χ2v) is 3.75. The van der Waals surface area contributed by atoms with E-state index in [0.29, 0.717) is 0 Å². The molecule has 0 unspecified atom stereocenters. The zero-order valence-electron chi connectivity index (χ0n) is 10.2. The molecule has 1 nitrogen and oxygen atoms in total. The maximum absolute atomic E-state index is 4.31. The van der Waals surface area contributed by atoms with Gasteiger partial charge in [-0.2, -0.15) is 0 Å². The number of allylic oxidation sites excluding steroid dienone is 5. The molecule has 0 saturated carbocycles. The van der Waals surface area contributed by atoms with E-state index in [2.05, 4.69) is 32.3 Å². The van der Waals surface area contributed by atoms with Crippen molar-refractivity contribution in [2.45, 2.75) is 41.5 Å². The van der Waals surface area contributed by atoms with Gasteiger partial charge < -0.3 is 0 Å². The molecule has 78 valence electrons. The first kappa shape index (κ1) is 12.9. The van der Waals surface area contributed by atoms with Crippen LogP contribution in [0.25, 0.3) is 0 Å². The Labute approximate surface area is 87.9 Å². The Kier molecular flexibility index (Phi) is 5.14. The lowest BCUT2D eigenvalue weighted by molar-refractivity contribution is 1.15. The third-order valence-corrected chi connectivity index (χ3v) is 2.24. The van der Waals surface area contributed by atoms with Gasteiger partial charge >= 0.3 is 0 Å². The molecule has 14 heavy (non-hydrogen) atoms. The molecule has 0 amide bonds. The van der Waals surface area contributed by atoms with E-state index < -0.39 is 0 Å². The van der Waals surface area contributed by atoms with Crippen molar-refractivity contribution in [2.24, 2.45) is 4.99 Å². The average molecular weight is 191 g/mol. The smallest absolute Gasteiger partial charge is 0.0445 e. The predicted molar refractivity (Wildman–Crippen MR) is 65.7 cm³/mol. The molecule has 0 aliphatic carbocycles. The van der Waals surface area contributed by atoms with E-state index in [1.54, 1.807) is 0 Å². The number of hydrogen-bond donors (Lipinski definition) is 0. The summed E-state index contributed by atoms with van der Waals surface area (Å²) in [5, 5.41) is 0. The molecule has 0 N–H and O–H groups in total. The molecule has 0 aliphatic rings. The molecule has 0 atom stereocenters. The number of rotatable bonds is 3. The summed E-state index contributed by atoms with van der Waals surface area (Å²) < 4.78 is 0. The molecule has 1 heteroatoms. The van der Waals surface area contributed by atoms with E-state index in [4.69, 9.17) is 0 Å². The fourth-order valence-electron chi connectivity index (χ4n) is 1.41. The van der Waals surface area contributed by atoms with Crippen LogP contribution in [-0.2, 0) is 0 Å². The summed E-state index contributed by atoms with van der Waals surface area (Å²) in [6.45, 7) is 16.3. The van der Waals surface area contributed by atoms with Gasteiger partial charge in [0, 0.05) is 17.5 Å². The summed E-state index contributed by atoms with van der Waals surface area (Å²) in [7, 11) is 0. The van der Waals surface area contributed by atoms with Gasteiger partial charge in [0.15, 0.2) is 0 Å². The van der Waals surface area contributed by atoms with Gasteiger partial charge in [0.25, 0.3) is 0 Å². The molecule has 0 spiro atoms. The topological polar surface area (TPSA) is 12.4 Å². The lowest BCUT2D eigenvalue weighted by Crippen LogP contribution is -1.93. The molecule has 0 heterocycles. The average Bonchev–Trinajstić information content (AvgIpc) is 2.03. The van der Waals surface area contributed by atoms with Crippen molar-refractivity contribution in [1.29, 1.82) is 0 Å². The summed E-state index contributed by atoms with van der Waals surface area (Å²) in [6, 6.07) is 0. The minimum atomic E-state index is 1.04. The highest BCUT2D eigenvalue weighted by Gasteiger charge is 2.06. The first-order valence-electron chi connectivity index (χ1n) is 4.91. The fourth-order valence-corrected chi connectivity index (χ4v) is 1.41. The van der Waals surface area contributed by atoms with Crippen molar-refractivity contribution in [1.82, 2.24) is 0 Å². The van der Waals surface area contributed by atoms with Crippen molar-refractivity contribution in [3.8, 4) is 0 Å². The Balaban J connectivity index is 5.49. The van der Waals surface area contributed by atoms with Gasteiger partial charge in [-0.05, 0) is 52.7 Å². The van der Waals surface area contributed by atoms with Gasteiger partial charge in [0.05, 0.1) is 0 Å². The van der Waals surface area contributed by atoms with E-state index in [0.717, 1.165) is 11.3 Å². The Hall–Kier alpha value is -1.11. The molecule has 0 fully saturated rings. The second-order valence-electron chi connectivity index (χ2n) is 3.75. The second kappa shape index (κ2) is 5.58. The van der Waals surface area contributed by atoms with Crippen LogP contribution in [0.2, 0.25) is 0 Å². The molecule has 0 aromatic heterocycles. The van der Waals surface area contributed by atoms with Crippen molar-refractivity contribution in [2.75, 3.05) is 0 Å². The third kappa shape index (κ3) is 3.33. The van der Waals surface area contributed by atoms with Gasteiger partial charge in [-0.15, -0.1) is 0 Å². The molecule has 0 aromatic carbocycles. The molecule has 0 rings (SSSR count). The Bertz CT molecular complexity index is 310. The van der Waals surface area contributed by atoms with Gasteiger partial charge in [0.2, 0.25) is 0 Å². The molecule has 0 bridgehead atoms. The van der Waals surface area contributed by atoms with Crippen LogP contribution in [0.3, 0.4) is 0 Å². The number of aliphatic imine (C=N–C) groups is 1. The highest BCUT2D eigenvalue weighted by molar-refractivity contribution is 5.57. The third-order valence-electron chi connectivity index (χ3n) is 2.24. The maximum Gasteiger partial charge on any atom is 0.0445 e. The molecular formula is C13H21N. The van der Waals surface area contributed by atoms with Crippen LogP contribution in [0.5, 0.6) is 0 Å². The molecule has 0 aromatic rings.